The Bertz CT molecular complexity index is 1250. The second-order valence-corrected chi connectivity index (χ2v) is 8.20. The van der Waals surface area contributed by atoms with Gasteiger partial charge in [0.15, 0.2) is 5.76 Å². The van der Waals surface area contributed by atoms with Crippen LogP contribution in [0.3, 0.4) is 0 Å². The molecule has 1 atom stereocenters. The van der Waals surface area contributed by atoms with Crippen molar-refractivity contribution in [3.8, 4) is 17.1 Å². The molecule has 32 heavy (non-hydrogen) atoms. The van der Waals surface area contributed by atoms with Gasteiger partial charge in [-0.1, -0.05) is 31.5 Å². The Morgan fingerprint density at radius 2 is 2.06 bits per heavy atom. The maximum absolute atomic E-state index is 11.9. The van der Waals surface area contributed by atoms with Gasteiger partial charge < -0.3 is 9.47 Å². The molecule has 1 aromatic carbocycles. The number of hydrogen-bond donors (Lipinski definition) is 1. The van der Waals surface area contributed by atoms with E-state index in [1.165, 1.54) is 0 Å². The van der Waals surface area contributed by atoms with Gasteiger partial charge >= 0.3 is 6.09 Å². The summed E-state index contributed by atoms with van der Waals surface area (Å²) in [4.78, 5) is 28.0. The molecule has 1 aliphatic rings. The largest absolute Gasteiger partial charge is 0.481 e. The summed E-state index contributed by atoms with van der Waals surface area (Å²) in [5, 5.41) is 7.97. The number of fused-ring (bicyclic) bond motifs is 1. The van der Waals surface area contributed by atoms with Crippen LogP contribution in [0.1, 0.15) is 32.3 Å². The molecule has 1 fully saturated rings. The fraction of sp³-hybridized carbons (Fsp3) is 0.304. The van der Waals surface area contributed by atoms with Crippen molar-refractivity contribution in [3.05, 3.63) is 52.9 Å². The van der Waals surface area contributed by atoms with Gasteiger partial charge in [-0.15, -0.1) is 0 Å². The van der Waals surface area contributed by atoms with Gasteiger partial charge in [-0.25, -0.2) is 9.78 Å². The lowest BCUT2D eigenvalue weighted by Crippen LogP contribution is -2.19. The number of nitrogens with one attached hydrogen (secondary N) is 1. The number of amides is 2. The average Bonchev–Trinajstić information content (AvgIpc) is 3.33. The summed E-state index contributed by atoms with van der Waals surface area (Å²) in [6.45, 7) is 6.75. The number of nitrogens with zero attached hydrogens (tertiary/aromatic N) is 3. The molecule has 0 radical (unpaired) electrons. The number of alkyl carbamates (subject to hydrolysis) is 1. The molecule has 1 N–H and O–H groups in total. The van der Waals surface area contributed by atoms with Gasteiger partial charge in [0.2, 0.25) is 5.88 Å². The van der Waals surface area contributed by atoms with Crippen molar-refractivity contribution in [2.24, 2.45) is 5.92 Å². The van der Waals surface area contributed by atoms with Crippen molar-refractivity contribution >= 4 is 34.5 Å². The van der Waals surface area contributed by atoms with E-state index in [4.69, 9.17) is 26.1 Å². The number of aromatic nitrogens is 3. The Kier molecular flexibility index (Phi) is 5.88. The number of benzene rings is 1. The second-order valence-electron chi connectivity index (χ2n) is 7.79. The molecule has 0 aliphatic carbocycles. The number of imide groups is 1. The standard InChI is InChI=1S/C23H23ClN4O4/c1-5-28-19-9-13(8-17(24)16(19)11-25-28)18-7-6-14(22(26-18)31-4)15(12(2)3)10-20-21(29)27-23(30)32-20/h6-12,15H,5H2,1-4H3,(H,27,29,30). The van der Waals surface area contributed by atoms with Crippen molar-refractivity contribution in [2.75, 3.05) is 7.11 Å². The minimum atomic E-state index is -0.775. The lowest BCUT2D eigenvalue weighted by molar-refractivity contribution is -0.116. The lowest BCUT2D eigenvalue weighted by atomic mass is 9.88. The molecule has 9 heteroatoms. The van der Waals surface area contributed by atoms with Crippen LogP contribution in [-0.2, 0) is 16.1 Å². The van der Waals surface area contributed by atoms with Gasteiger partial charge in [0, 0.05) is 29.0 Å². The monoisotopic (exact) mass is 454 g/mol. The number of allylic oxidation sites excluding steroid dienone is 1. The smallest absolute Gasteiger partial charge is 0.419 e. The second kappa shape index (κ2) is 8.63. The van der Waals surface area contributed by atoms with Crippen molar-refractivity contribution in [1.29, 1.82) is 0 Å². The van der Waals surface area contributed by atoms with Gasteiger partial charge in [0.05, 0.1) is 29.5 Å². The normalized spacial score (nSPS) is 16.0. The summed E-state index contributed by atoms with van der Waals surface area (Å²) < 4.78 is 12.5. The molecule has 3 heterocycles. The Morgan fingerprint density at radius 3 is 2.69 bits per heavy atom. The average molecular weight is 455 g/mol. The molecule has 1 aliphatic heterocycles. The first-order valence-electron chi connectivity index (χ1n) is 10.3. The minimum Gasteiger partial charge on any atom is -0.481 e. The minimum absolute atomic E-state index is 0.0232. The number of pyridine rings is 1. The molecule has 0 spiro atoms. The summed E-state index contributed by atoms with van der Waals surface area (Å²) in [5.74, 6) is -0.334. The Morgan fingerprint density at radius 1 is 1.28 bits per heavy atom. The molecule has 1 saturated heterocycles. The van der Waals surface area contributed by atoms with Crippen LogP contribution in [0.4, 0.5) is 4.79 Å². The third-order valence-electron chi connectivity index (χ3n) is 5.44. The highest BCUT2D eigenvalue weighted by Gasteiger charge is 2.29. The molecule has 2 aromatic heterocycles. The predicted molar refractivity (Wildman–Crippen MR) is 120 cm³/mol. The van der Waals surface area contributed by atoms with Crippen molar-refractivity contribution < 1.29 is 19.1 Å². The van der Waals surface area contributed by atoms with Crippen molar-refractivity contribution in [2.45, 2.75) is 33.2 Å². The molecule has 8 nitrogen and oxygen atoms in total. The van der Waals surface area contributed by atoms with E-state index < -0.39 is 12.0 Å². The first-order chi connectivity index (χ1) is 15.3. The summed E-state index contributed by atoms with van der Waals surface area (Å²) in [6, 6.07) is 7.66. The summed E-state index contributed by atoms with van der Waals surface area (Å²) >= 11 is 6.50. The number of cyclic esters (lactones) is 1. The summed E-state index contributed by atoms with van der Waals surface area (Å²) in [7, 11) is 1.55. The Balaban J connectivity index is 1.77. The van der Waals surface area contributed by atoms with E-state index in [9.17, 15) is 9.59 Å². The number of ether oxygens (including phenoxy) is 2. The van der Waals surface area contributed by atoms with E-state index >= 15 is 0 Å². The van der Waals surface area contributed by atoms with Gasteiger partial charge in [-0.05, 0) is 37.1 Å². The fourth-order valence-electron chi connectivity index (χ4n) is 3.80. The van der Waals surface area contributed by atoms with Crippen LogP contribution in [0.25, 0.3) is 22.2 Å². The Hall–Kier alpha value is -3.39. The molecule has 0 saturated carbocycles. The predicted octanol–water partition coefficient (Wildman–Crippen LogP) is 4.67. The molecule has 0 bridgehead atoms. The Labute approximate surface area is 190 Å². The third kappa shape index (κ3) is 3.93. The highest BCUT2D eigenvalue weighted by atomic mass is 35.5. The number of aryl methyl sites for hydroxylation is 1. The van der Waals surface area contributed by atoms with Crippen molar-refractivity contribution in [1.82, 2.24) is 20.1 Å². The van der Waals surface area contributed by atoms with Crippen LogP contribution >= 0.6 is 11.6 Å². The van der Waals surface area contributed by atoms with Gasteiger partial charge in [0.1, 0.15) is 0 Å². The van der Waals surface area contributed by atoms with Crippen LogP contribution in [0.15, 0.2) is 42.3 Å². The number of methoxy groups -OCH3 is 1. The highest BCUT2D eigenvalue weighted by molar-refractivity contribution is 6.35. The summed E-state index contributed by atoms with van der Waals surface area (Å²) in [5.41, 5.74) is 3.24. The first-order valence-corrected chi connectivity index (χ1v) is 10.7. The molecular formula is C23H23ClN4O4. The molecule has 2 amide bonds. The van der Waals surface area contributed by atoms with Crippen LogP contribution in [0, 0.1) is 5.92 Å². The molecule has 4 rings (SSSR count). The number of carbonyl (C=O) groups excluding carboxylic acids is 2. The molecular weight excluding hydrogens is 432 g/mol. The van der Waals surface area contributed by atoms with Crippen LogP contribution < -0.4 is 10.1 Å². The lowest BCUT2D eigenvalue weighted by Gasteiger charge is -2.20. The first kappa shape index (κ1) is 21.8. The van der Waals surface area contributed by atoms with Gasteiger partial charge in [0.25, 0.3) is 5.91 Å². The van der Waals surface area contributed by atoms with E-state index in [1.54, 1.807) is 19.4 Å². The SMILES string of the molecule is CCn1ncc2c(Cl)cc(-c3ccc(C(C=C4OC(=O)NC4=O)C(C)C)c(OC)n3)cc21. The number of halogens is 1. The van der Waals surface area contributed by atoms with E-state index in [-0.39, 0.29) is 17.6 Å². The zero-order valence-corrected chi connectivity index (χ0v) is 18.9. The van der Waals surface area contributed by atoms with E-state index in [0.29, 0.717) is 16.6 Å². The van der Waals surface area contributed by atoms with E-state index in [2.05, 4.69) is 10.4 Å². The zero-order chi connectivity index (χ0) is 23.0. The molecule has 3 aromatic rings. The van der Waals surface area contributed by atoms with Crippen LogP contribution in [-0.4, -0.2) is 33.9 Å². The maximum Gasteiger partial charge on any atom is 0.419 e. The highest BCUT2D eigenvalue weighted by Crippen LogP contribution is 2.36. The zero-order valence-electron chi connectivity index (χ0n) is 18.2. The maximum atomic E-state index is 11.9. The number of rotatable bonds is 6. The topological polar surface area (TPSA) is 95.3 Å². The fourth-order valence-corrected chi connectivity index (χ4v) is 4.07. The van der Waals surface area contributed by atoms with Crippen LogP contribution in [0.5, 0.6) is 5.88 Å². The van der Waals surface area contributed by atoms with E-state index in [0.717, 1.165) is 28.6 Å². The molecule has 1 unspecified atom stereocenters. The van der Waals surface area contributed by atoms with Crippen LogP contribution in [0.2, 0.25) is 5.02 Å². The number of hydrogen-bond acceptors (Lipinski definition) is 6. The van der Waals surface area contributed by atoms with Gasteiger partial charge in [-0.2, -0.15) is 5.10 Å². The van der Waals surface area contributed by atoms with E-state index in [1.807, 2.05) is 49.7 Å². The molecule has 166 valence electrons. The summed E-state index contributed by atoms with van der Waals surface area (Å²) in [6.07, 6.45) is 2.62. The van der Waals surface area contributed by atoms with Gasteiger partial charge in [-0.3, -0.25) is 14.8 Å². The third-order valence-corrected chi connectivity index (χ3v) is 5.75. The number of carbonyl (C=O) groups is 2. The quantitative estimate of drug-likeness (QED) is 0.544. The van der Waals surface area contributed by atoms with Crippen molar-refractivity contribution in [3.63, 3.8) is 0 Å².